The molecule has 0 amide bonds. The molecule has 0 saturated carbocycles. The van der Waals surface area contributed by atoms with Crippen molar-refractivity contribution in [3.63, 3.8) is 0 Å². The molecule has 0 aromatic heterocycles. The fourth-order valence-corrected chi connectivity index (χ4v) is 2.96. The topological polar surface area (TPSA) is 9.23 Å². The Kier molecular flexibility index (Phi) is 7.06. The molecule has 0 aliphatic carbocycles. The summed E-state index contributed by atoms with van der Waals surface area (Å²) in [5, 5.41) is 0. The van der Waals surface area contributed by atoms with E-state index in [-0.39, 0.29) is 5.41 Å². The van der Waals surface area contributed by atoms with Crippen LogP contribution in [0.15, 0.2) is 24.3 Å². The third kappa shape index (κ3) is 4.15. The quantitative estimate of drug-likeness (QED) is 0.505. The lowest BCUT2D eigenvalue weighted by Gasteiger charge is -2.30. The number of hydrogen-bond donors (Lipinski definition) is 0. The van der Waals surface area contributed by atoms with E-state index in [4.69, 9.17) is 27.9 Å². The number of aryl methyl sites for hydroxylation is 1. The van der Waals surface area contributed by atoms with Gasteiger partial charge >= 0.3 is 0 Å². The zero-order chi connectivity index (χ0) is 13.4. The summed E-state index contributed by atoms with van der Waals surface area (Å²) in [5.74, 6) is 1.10. The Morgan fingerprint density at radius 1 is 1.22 bits per heavy atom. The van der Waals surface area contributed by atoms with Crippen LogP contribution in [0.3, 0.4) is 0 Å². The minimum Gasteiger partial charge on any atom is -0.382 e. The van der Waals surface area contributed by atoms with E-state index in [1.165, 1.54) is 11.1 Å². The lowest BCUT2D eigenvalue weighted by molar-refractivity contribution is 0.139. The van der Waals surface area contributed by atoms with Crippen LogP contribution in [-0.4, -0.2) is 25.0 Å². The highest BCUT2D eigenvalue weighted by Gasteiger charge is 2.30. The van der Waals surface area contributed by atoms with Crippen molar-refractivity contribution in [1.29, 1.82) is 0 Å². The van der Waals surface area contributed by atoms with Gasteiger partial charge in [-0.1, -0.05) is 29.8 Å². The van der Waals surface area contributed by atoms with E-state index >= 15 is 0 Å². The summed E-state index contributed by atoms with van der Waals surface area (Å²) in [7, 11) is 0. The monoisotopic (exact) mass is 288 g/mol. The first-order chi connectivity index (χ1) is 8.68. The van der Waals surface area contributed by atoms with Gasteiger partial charge in [0, 0.05) is 30.4 Å². The lowest BCUT2D eigenvalue weighted by atomic mass is 9.79. The number of hydrogen-bond acceptors (Lipinski definition) is 1. The van der Waals surface area contributed by atoms with Crippen LogP contribution in [0.4, 0.5) is 0 Å². The maximum atomic E-state index is 6.20. The van der Waals surface area contributed by atoms with Gasteiger partial charge < -0.3 is 4.74 Å². The molecule has 0 unspecified atom stereocenters. The second-order valence-corrected chi connectivity index (χ2v) is 5.25. The zero-order valence-corrected chi connectivity index (χ0v) is 12.7. The molecule has 18 heavy (non-hydrogen) atoms. The predicted octanol–water partition coefficient (Wildman–Crippen LogP) is 4.53. The predicted molar refractivity (Wildman–Crippen MR) is 80.0 cm³/mol. The van der Waals surface area contributed by atoms with Gasteiger partial charge in [0.05, 0.1) is 0 Å². The van der Waals surface area contributed by atoms with Crippen LogP contribution >= 0.6 is 23.2 Å². The molecule has 0 atom stereocenters. The maximum absolute atomic E-state index is 6.20. The maximum Gasteiger partial charge on any atom is 0.0466 e. The smallest absolute Gasteiger partial charge is 0.0466 e. The van der Waals surface area contributed by atoms with Crippen LogP contribution in [0.25, 0.3) is 0 Å². The molecule has 0 spiro atoms. The SMILES string of the molecule is CCOCCCC(CCl)(CCl)c1cccc(C)c1. The second kappa shape index (κ2) is 8.04. The normalized spacial score (nSPS) is 11.8. The Bertz CT molecular complexity index is 348. The van der Waals surface area contributed by atoms with E-state index in [9.17, 15) is 0 Å². The van der Waals surface area contributed by atoms with E-state index in [0.717, 1.165) is 26.1 Å². The Morgan fingerprint density at radius 3 is 2.50 bits per heavy atom. The van der Waals surface area contributed by atoms with Crippen molar-refractivity contribution in [2.45, 2.75) is 32.1 Å². The molecule has 102 valence electrons. The van der Waals surface area contributed by atoms with Crippen LogP contribution in [0.5, 0.6) is 0 Å². The molecule has 1 rings (SSSR count). The fraction of sp³-hybridized carbons (Fsp3) is 0.600. The highest BCUT2D eigenvalue weighted by Crippen LogP contribution is 2.33. The van der Waals surface area contributed by atoms with Crippen LogP contribution in [0.2, 0.25) is 0 Å². The molecule has 0 saturated heterocycles. The summed E-state index contributed by atoms with van der Waals surface area (Å²) in [6.45, 7) is 5.64. The van der Waals surface area contributed by atoms with Gasteiger partial charge in [-0.2, -0.15) is 0 Å². The standard InChI is InChI=1S/C15H22Cl2O/c1-3-18-9-5-8-15(11-16,12-17)14-7-4-6-13(2)10-14/h4,6-7,10H,3,5,8-9,11-12H2,1-2H3. The van der Waals surface area contributed by atoms with E-state index in [2.05, 4.69) is 31.2 Å². The number of alkyl halides is 2. The van der Waals surface area contributed by atoms with E-state index in [0.29, 0.717) is 11.8 Å². The third-order valence-corrected chi connectivity index (χ3v) is 4.31. The fourth-order valence-electron chi connectivity index (χ4n) is 2.10. The first-order valence-corrected chi connectivity index (χ1v) is 7.52. The summed E-state index contributed by atoms with van der Waals surface area (Å²) in [6.07, 6.45) is 1.95. The first kappa shape index (κ1) is 15.8. The van der Waals surface area contributed by atoms with Crippen molar-refractivity contribution in [2.24, 2.45) is 0 Å². The molecule has 0 heterocycles. The van der Waals surface area contributed by atoms with Gasteiger partial charge in [-0.25, -0.2) is 0 Å². The molecule has 1 aromatic rings. The van der Waals surface area contributed by atoms with Crippen LogP contribution in [-0.2, 0) is 10.2 Å². The van der Waals surface area contributed by atoms with E-state index in [1.807, 2.05) is 6.92 Å². The molecule has 0 radical (unpaired) electrons. The van der Waals surface area contributed by atoms with Crippen LogP contribution in [0, 0.1) is 6.92 Å². The molecule has 0 fully saturated rings. The van der Waals surface area contributed by atoms with Gasteiger partial charge in [-0.15, -0.1) is 23.2 Å². The molecule has 0 bridgehead atoms. The molecular formula is C15H22Cl2O. The minimum atomic E-state index is -0.133. The van der Waals surface area contributed by atoms with Gasteiger partial charge in [0.2, 0.25) is 0 Å². The average molecular weight is 289 g/mol. The highest BCUT2D eigenvalue weighted by molar-refractivity contribution is 6.22. The van der Waals surface area contributed by atoms with Gasteiger partial charge in [0.1, 0.15) is 0 Å². The van der Waals surface area contributed by atoms with Crippen molar-refractivity contribution in [3.05, 3.63) is 35.4 Å². The van der Waals surface area contributed by atoms with E-state index in [1.54, 1.807) is 0 Å². The molecule has 1 aromatic carbocycles. The van der Waals surface area contributed by atoms with Gasteiger partial charge in [0.15, 0.2) is 0 Å². The number of benzene rings is 1. The summed E-state index contributed by atoms with van der Waals surface area (Å²) < 4.78 is 5.39. The number of ether oxygens (including phenoxy) is 1. The van der Waals surface area contributed by atoms with Crippen molar-refractivity contribution in [1.82, 2.24) is 0 Å². The van der Waals surface area contributed by atoms with Crippen molar-refractivity contribution < 1.29 is 4.74 Å². The van der Waals surface area contributed by atoms with E-state index < -0.39 is 0 Å². The highest BCUT2D eigenvalue weighted by atomic mass is 35.5. The summed E-state index contributed by atoms with van der Waals surface area (Å²) in [4.78, 5) is 0. The molecule has 1 nitrogen and oxygen atoms in total. The molecule has 3 heteroatoms. The summed E-state index contributed by atoms with van der Waals surface area (Å²) in [5.41, 5.74) is 2.35. The number of halogens is 2. The largest absolute Gasteiger partial charge is 0.382 e. The number of rotatable bonds is 8. The second-order valence-electron chi connectivity index (χ2n) is 4.72. The molecular weight excluding hydrogens is 267 g/mol. The van der Waals surface area contributed by atoms with Crippen LogP contribution in [0.1, 0.15) is 30.9 Å². The minimum absolute atomic E-state index is 0.133. The molecule has 0 aliphatic rings. The Labute approximate surface area is 120 Å². The third-order valence-electron chi connectivity index (χ3n) is 3.29. The Hall–Kier alpha value is -0.240. The van der Waals surface area contributed by atoms with Crippen molar-refractivity contribution >= 4 is 23.2 Å². The van der Waals surface area contributed by atoms with Crippen molar-refractivity contribution in [3.8, 4) is 0 Å². The Balaban J connectivity index is 2.79. The van der Waals surface area contributed by atoms with Crippen LogP contribution < -0.4 is 0 Å². The Morgan fingerprint density at radius 2 is 1.94 bits per heavy atom. The van der Waals surface area contributed by atoms with Crippen molar-refractivity contribution in [2.75, 3.05) is 25.0 Å². The first-order valence-electron chi connectivity index (χ1n) is 6.45. The average Bonchev–Trinajstić information content (AvgIpc) is 2.40. The van der Waals surface area contributed by atoms with Gasteiger partial charge in [-0.3, -0.25) is 0 Å². The lowest BCUT2D eigenvalue weighted by Crippen LogP contribution is -2.31. The molecule has 0 aliphatic heterocycles. The van der Waals surface area contributed by atoms with Gasteiger partial charge in [0.25, 0.3) is 0 Å². The zero-order valence-electron chi connectivity index (χ0n) is 11.2. The summed E-state index contributed by atoms with van der Waals surface area (Å²) in [6, 6.07) is 8.47. The molecule has 0 N–H and O–H groups in total. The van der Waals surface area contributed by atoms with Gasteiger partial charge in [-0.05, 0) is 32.3 Å². The summed E-state index contributed by atoms with van der Waals surface area (Å²) >= 11 is 12.4.